The van der Waals surface area contributed by atoms with Gasteiger partial charge in [-0.25, -0.2) is 0 Å². The average molecular weight is 358 g/mol. The third-order valence-electron chi connectivity index (χ3n) is 5.78. The second-order valence-electron chi connectivity index (χ2n) is 7.75. The molecule has 0 fully saturated rings. The first-order chi connectivity index (χ1) is 13.8. The summed E-state index contributed by atoms with van der Waals surface area (Å²) in [4.78, 5) is 0. The van der Waals surface area contributed by atoms with Gasteiger partial charge in [-0.05, 0) is 109 Å². The average Bonchev–Trinajstić information content (AvgIpc) is 3.39. The van der Waals surface area contributed by atoms with E-state index in [9.17, 15) is 0 Å². The van der Waals surface area contributed by atoms with Crippen molar-refractivity contribution in [3.05, 3.63) is 105 Å². The molecule has 0 saturated carbocycles. The van der Waals surface area contributed by atoms with Crippen molar-refractivity contribution in [1.29, 1.82) is 0 Å². The van der Waals surface area contributed by atoms with E-state index in [0.717, 1.165) is 22.3 Å². The van der Waals surface area contributed by atoms with Crippen molar-refractivity contribution in [1.82, 2.24) is 0 Å². The molecule has 0 spiro atoms. The summed E-state index contributed by atoms with van der Waals surface area (Å²) in [5.74, 6) is 13.2. The Balaban J connectivity index is 1.30. The van der Waals surface area contributed by atoms with Gasteiger partial charge in [0.15, 0.2) is 0 Å². The number of rotatable bonds is 0. The molecule has 134 valence electrons. The maximum Gasteiger partial charge on any atom is 0.0251 e. The first kappa shape index (κ1) is 16.9. The second kappa shape index (κ2) is 7.42. The zero-order chi connectivity index (χ0) is 18.8. The van der Waals surface area contributed by atoms with Crippen molar-refractivity contribution in [3.8, 4) is 23.7 Å². The Kier molecular flexibility index (Phi) is 4.48. The highest BCUT2D eigenvalue weighted by molar-refractivity contribution is 5.50. The van der Waals surface area contributed by atoms with Crippen LogP contribution in [0.1, 0.15) is 57.3 Å². The minimum Gasteiger partial charge on any atom is -0.0617 e. The molecule has 0 amide bonds. The quantitative estimate of drug-likeness (QED) is 0.468. The van der Waals surface area contributed by atoms with Gasteiger partial charge in [0.2, 0.25) is 0 Å². The van der Waals surface area contributed by atoms with Crippen LogP contribution in [0, 0.1) is 23.7 Å². The van der Waals surface area contributed by atoms with Crippen molar-refractivity contribution in [3.63, 3.8) is 0 Å². The number of hydrogen-bond donors (Lipinski definition) is 0. The molecular formula is C28H22. The molecular weight excluding hydrogens is 336 g/mol. The van der Waals surface area contributed by atoms with E-state index in [1.807, 2.05) is 0 Å². The van der Waals surface area contributed by atoms with Crippen molar-refractivity contribution < 1.29 is 0 Å². The Morgan fingerprint density at radius 2 is 0.750 bits per heavy atom. The molecule has 3 aromatic rings. The molecule has 0 heterocycles. The standard InChI is InChI=1S/C28H22/c1-3-25-17-15-23(19-27(25)5-1)13-11-21-7-9-22(10-8-21)12-14-24-16-18-26-4-2-6-28(26)20-24/h7-10,15-20H,1-6H2. The zero-order valence-electron chi connectivity index (χ0n) is 16.0. The highest BCUT2D eigenvalue weighted by Gasteiger charge is 2.10. The molecule has 0 atom stereocenters. The fourth-order valence-electron chi connectivity index (χ4n) is 4.22. The maximum absolute atomic E-state index is 3.31. The Hall–Kier alpha value is -3.22. The van der Waals surface area contributed by atoms with Gasteiger partial charge in [0.25, 0.3) is 0 Å². The molecule has 0 saturated heterocycles. The van der Waals surface area contributed by atoms with E-state index in [4.69, 9.17) is 0 Å². The van der Waals surface area contributed by atoms with Crippen molar-refractivity contribution in [2.75, 3.05) is 0 Å². The van der Waals surface area contributed by atoms with Crippen LogP contribution in [-0.4, -0.2) is 0 Å². The van der Waals surface area contributed by atoms with Crippen LogP contribution in [0.15, 0.2) is 60.7 Å². The number of aryl methyl sites for hydroxylation is 4. The zero-order valence-corrected chi connectivity index (χ0v) is 16.0. The monoisotopic (exact) mass is 358 g/mol. The Bertz CT molecular complexity index is 1060. The van der Waals surface area contributed by atoms with Crippen molar-refractivity contribution >= 4 is 0 Å². The molecule has 0 unspecified atom stereocenters. The topological polar surface area (TPSA) is 0 Å². The van der Waals surface area contributed by atoms with Crippen molar-refractivity contribution in [2.24, 2.45) is 0 Å². The van der Waals surface area contributed by atoms with Crippen molar-refractivity contribution in [2.45, 2.75) is 38.5 Å². The molecule has 0 nitrogen and oxygen atoms in total. The minimum absolute atomic E-state index is 1.03. The molecule has 2 aliphatic rings. The van der Waals surface area contributed by atoms with Gasteiger partial charge in [-0.3, -0.25) is 0 Å². The van der Waals surface area contributed by atoms with Crippen LogP contribution in [0.5, 0.6) is 0 Å². The summed E-state index contributed by atoms with van der Waals surface area (Å²) >= 11 is 0. The highest BCUT2D eigenvalue weighted by Crippen LogP contribution is 2.23. The largest absolute Gasteiger partial charge is 0.0617 e. The lowest BCUT2D eigenvalue weighted by Gasteiger charge is -1.99. The molecule has 0 radical (unpaired) electrons. The van der Waals surface area contributed by atoms with Crippen LogP contribution in [0.25, 0.3) is 0 Å². The van der Waals surface area contributed by atoms with Gasteiger partial charge in [-0.1, -0.05) is 35.8 Å². The van der Waals surface area contributed by atoms with Gasteiger partial charge in [0, 0.05) is 22.3 Å². The summed E-state index contributed by atoms with van der Waals surface area (Å²) in [6, 6.07) is 21.5. The Morgan fingerprint density at radius 3 is 1.21 bits per heavy atom. The van der Waals surface area contributed by atoms with Crippen LogP contribution < -0.4 is 0 Å². The first-order valence-corrected chi connectivity index (χ1v) is 10.2. The normalized spacial score (nSPS) is 13.7. The molecule has 3 aromatic carbocycles. The molecule has 0 aromatic heterocycles. The summed E-state index contributed by atoms with van der Waals surface area (Å²) in [6.45, 7) is 0. The summed E-state index contributed by atoms with van der Waals surface area (Å²) in [5.41, 5.74) is 10.2. The van der Waals surface area contributed by atoms with Gasteiger partial charge in [0.05, 0.1) is 0 Å². The van der Waals surface area contributed by atoms with E-state index in [1.54, 1.807) is 0 Å². The molecule has 2 aliphatic carbocycles. The van der Waals surface area contributed by atoms with E-state index >= 15 is 0 Å². The van der Waals surface area contributed by atoms with Gasteiger partial charge >= 0.3 is 0 Å². The molecule has 0 N–H and O–H groups in total. The smallest absolute Gasteiger partial charge is 0.0251 e. The van der Waals surface area contributed by atoms with Gasteiger partial charge in [-0.2, -0.15) is 0 Å². The molecule has 0 bridgehead atoms. The van der Waals surface area contributed by atoms with Crippen LogP contribution in [0.4, 0.5) is 0 Å². The predicted octanol–water partition coefficient (Wildman–Crippen LogP) is 5.46. The fourth-order valence-corrected chi connectivity index (χ4v) is 4.22. The van der Waals surface area contributed by atoms with Crippen LogP contribution >= 0.6 is 0 Å². The van der Waals surface area contributed by atoms with E-state index < -0.39 is 0 Å². The van der Waals surface area contributed by atoms with E-state index in [0.29, 0.717) is 0 Å². The molecule has 28 heavy (non-hydrogen) atoms. The number of fused-ring (bicyclic) bond motifs is 2. The summed E-state index contributed by atoms with van der Waals surface area (Å²) in [7, 11) is 0. The summed E-state index contributed by atoms with van der Waals surface area (Å²) in [5, 5.41) is 0. The summed E-state index contributed by atoms with van der Waals surface area (Å²) in [6.07, 6.45) is 7.39. The SMILES string of the molecule is C(#Cc1ccc2c(c1)CCC2)c1ccc(C#Cc2ccc3c(c2)CCC3)cc1. The van der Waals surface area contributed by atoms with Gasteiger partial charge < -0.3 is 0 Å². The number of hydrogen-bond acceptors (Lipinski definition) is 0. The highest BCUT2D eigenvalue weighted by atomic mass is 14.1. The molecule has 0 heteroatoms. The Morgan fingerprint density at radius 1 is 0.393 bits per heavy atom. The predicted molar refractivity (Wildman–Crippen MR) is 115 cm³/mol. The third-order valence-corrected chi connectivity index (χ3v) is 5.78. The van der Waals surface area contributed by atoms with Gasteiger partial charge in [0.1, 0.15) is 0 Å². The summed E-state index contributed by atoms with van der Waals surface area (Å²) < 4.78 is 0. The lowest BCUT2D eigenvalue weighted by atomic mass is 10.1. The number of benzene rings is 3. The lowest BCUT2D eigenvalue weighted by molar-refractivity contribution is 0.911. The minimum atomic E-state index is 1.03. The van der Waals surface area contributed by atoms with Crippen LogP contribution in [0.2, 0.25) is 0 Å². The lowest BCUT2D eigenvalue weighted by Crippen LogP contribution is -1.84. The second-order valence-corrected chi connectivity index (χ2v) is 7.75. The van der Waals surface area contributed by atoms with E-state index in [1.165, 1.54) is 60.8 Å². The Labute approximate surface area is 167 Å². The van der Waals surface area contributed by atoms with Crippen LogP contribution in [0.3, 0.4) is 0 Å². The molecule has 0 aliphatic heterocycles. The van der Waals surface area contributed by atoms with E-state index in [-0.39, 0.29) is 0 Å². The molecule has 5 rings (SSSR count). The van der Waals surface area contributed by atoms with E-state index in [2.05, 4.69) is 84.3 Å². The van der Waals surface area contributed by atoms with Crippen LogP contribution in [-0.2, 0) is 25.7 Å². The maximum atomic E-state index is 3.31. The van der Waals surface area contributed by atoms with Gasteiger partial charge in [-0.15, -0.1) is 0 Å². The fraction of sp³-hybridized carbons (Fsp3) is 0.214. The first-order valence-electron chi connectivity index (χ1n) is 10.2. The third kappa shape index (κ3) is 3.60.